The van der Waals surface area contributed by atoms with Crippen molar-refractivity contribution in [3.05, 3.63) is 70.8 Å². The maximum atomic E-state index is 13.2. The van der Waals surface area contributed by atoms with Crippen molar-refractivity contribution < 1.29 is 9.18 Å². The van der Waals surface area contributed by atoms with Gasteiger partial charge in [-0.05, 0) is 36.4 Å². The molecule has 2 aromatic carbocycles. The van der Waals surface area contributed by atoms with Crippen LogP contribution >= 0.6 is 11.6 Å². The van der Waals surface area contributed by atoms with Crippen molar-refractivity contribution in [2.45, 2.75) is 0 Å². The maximum Gasteiger partial charge on any atom is 0.194 e. The van der Waals surface area contributed by atoms with Gasteiger partial charge in [0, 0.05) is 23.5 Å². The highest BCUT2D eigenvalue weighted by molar-refractivity contribution is 6.35. The van der Waals surface area contributed by atoms with Crippen LogP contribution in [0.4, 0.5) is 4.39 Å². The second kappa shape index (κ2) is 4.98. The Morgan fingerprint density at radius 1 is 1.00 bits per heavy atom. The van der Waals surface area contributed by atoms with Crippen molar-refractivity contribution in [2.24, 2.45) is 0 Å². The second-order valence-corrected chi connectivity index (χ2v) is 4.62. The second-order valence-electron chi connectivity index (χ2n) is 4.21. The zero-order valence-electron chi connectivity index (χ0n) is 10.2. The molecule has 0 bridgehead atoms. The van der Waals surface area contributed by atoms with Gasteiger partial charge in [-0.3, -0.25) is 14.8 Å². The van der Waals surface area contributed by atoms with Gasteiger partial charge in [0.2, 0.25) is 0 Å². The molecular weight excluding hydrogens is 279 g/mol. The van der Waals surface area contributed by atoms with Crippen molar-refractivity contribution in [3.63, 3.8) is 0 Å². The molecular formula is C15H8ClFN2O. The molecule has 1 heterocycles. The van der Waals surface area contributed by atoms with Crippen LogP contribution in [-0.2, 0) is 0 Å². The Balaban J connectivity index is 2.10. The van der Waals surface area contributed by atoms with Crippen LogP contribution in [0.3, 0.4) is 0 Å². The van der Waals surface area contributed by atoms with E-state index in [0.29, 0.717) is 16.6 Å². The summed E-state index contributed by atoms with van der Waals surface area (Å²) in [7, 11) is 0. The minimum Gasteiger partial charge on any atom is -0.289 e. The zero-order valence-corrected chi connectivity index (χ0v) is 10.9. The standard InChI is InChI=1S/C15H8ClFN2O/c16-12-3-2-10(17)8-11(12)15(20)9-1-4-13-14(7-9)19-6-5-18-13/h1-8H. The average Bonchev–Trinajstić information content (AvgIpc) is 2.48. The van der Waals surface area contributed by atoms with E-state index in [-0.39, 0.29) is 16.4 Å². The number of ketones is 1. The first-order valence-corrected chi connectivity index (χ1v) is 6.23. The van der Waals surface area contributed by atoms with Gasteiger partial charge < -0.3 is 0 Å². The molecule has 3 aromatic rings. The zero-order chi connectivity index (χ0) is 14.1. The molecule has 0 spiro atoms. The number of fused-ring (bicyclic) bond motifs is 1. The minimum absolute atomic E-state index is 0.134. The number of benzene rings is 2. The van der Waals surface area contributed by atoms with E-state index in [1.54, 1.807) is 30.6 Å². The first-order valence-electron chi connectivity index (χ1n) is 5.86. The first-order chi connectivity index (χ1) is 9.65. The molecule has 5 heteroatoms. The van der Waals surface area contributed by atoms with Crippen LogP contribution < -0.4 is 0 Å². The number of rotatable bonds is 2. The van der Waals surface area contributed by atoms with Crippen LogP contribution in [0, 0.1) is 5.82 Å². The summed E-state index contributed by atoms with van der Waals surface area (Å²) in [6.45, 7) is 0. The minimum atomic E-state index is -0.502. The highest BCUT2D eigenvalue weighted by atomic mass is 35.5. The quantitative estimate of drug-likeness (QED) is 0.675. The van der Waals surface area contributed by atoms with Gasteiger partial charge >= 0.3 is 0 Å². The molecule has 3 rings (SSSR count). The molecule has 3 nitrogen and oxygen atoms in total. The van der Waals surface area contributed by atoms with Crippen molar-refractivity contribution >= 4 is 28.4 Å². The third-order valence-corrected chi connectivity index (χ3v) is 3.23. The largest absolute Gasteiger partial charge is 0.289 e. The van der Waals surface area contributed by atoms with Crippen LogP contribution in [-0.4, -0.2) is 15.8 Å². The van der Waals surface area contributed by atoms with E-state index in [4.69, 9.17) is 11.6 Å². The summed E-state index contributed by atoms with van der Waals surface area (Å²) in [4.78, 5) is 20.6. The Labute approximate surface area is 119 Å². The van der Waals surface area contributed by atoms with Gasteiger partial charge in [-0.15, -0.1) is 0 Å². The number of aromatic nitrogens is 2. The van der Waals surface area contributed by atoms with Crippen LogP contribution in [0.2, 0.25) is 5.02 Å². The molecule has 0 unspecified atom stereocenters. The number of carbonyl (C=O) groups is 1. The molecule has 0 aliphatic rings. The fourth-order valence-corrected chi connectivity index (χ4v) is 2.13. The molecule has 1 aromatic heterocycles. The Morgan fingerprint density at radius 3 is 2.55 bits per heavy atom. The van der Waals surface area contributed by atoms with Crippen molar-refractivity contribution in [1.29, 1.82) is 0 Å². The number of nitrogens with zero attached hydrogens (tertiary/aromatic N) is 2. The average molecular weight is 287 g/mol. The van der Waals surface area contributed by atoms with Gasteiger partial charge in [0.1, 0.15) is 5.82 Å². The molecule has 98 valence electrons. The predicted octanol–water partition coefficient (Wildman–Crippen LogP) is 3.65. The summed E-state index contributed by atoms with van der Waals surface area (Å²) in [5.41, 5.74) is 1.82. The Hall–Kier alpha value is -2.33. The monoisotopic (exact) mass is 286 g/mol. The lowest BCUT2D eigenvalue weighted by atomic mass is 10.0. The molecule has 0 amide bonds. The normalized spacial score (nSPS) is 10.7. The summed E-state index contributed by atoms with van der Waals surface area (Å²) in [6.07, 6.45) is 3.12. The van der Waals surface area contributed by atoms with Gasteiger partial charge in [-0.25, -0.2) is 4.39 Å². The van der Waals surface area contributed by atoms with Gasteiger partial charge in [-0.2, -0.15) is 0 Å². The highest BCUT2D eigenvalue weighted by Gasteiger charge is 2.14. The molecule has 0 aliphatic carbocycles. The highest BCUT2D eigenvalue weighted by Crippen LogP contribution is 2.22. The molecule has 0 atom stereocenters. The number of hydrogen-bond acceptors (Lipinski definition) is 3. The van der Waals surface area contributed by atoms with Crippen LogP contribution in [0.5, 0.6) is 0 Å². The van der Waals surface area contributed by atoms with Gasteiger partial charge in [-0.1, -0.05) is 11.6 Å². The Bertz CT molecular complexity index is 820. The Kier molecular flexibility index (Phi) is 3.16. The lowest BCUT2D eigenvalue weighted by Gasteiger charge is -2.05. The molecule has 0 saturated heterocycles. The molecule has 0 saturated carbocycles. The molecule has 20 heavy (non-hydrogen) atoms. The topological polar surface area (TPSA) is 42.9 Å². The summed E-state index contributed by atoms with van der Waals surface area (Å²) in [5, 5.41) is 0.218. The van der Waals surface area contributed by atoms with Crippen molar-refractivity contribution in [3.8, 4) is 0 Å². The van der Waals surface area contributed by atoms with E-state index in [1.165, 1.54) is 12.1 Å². The van der Waals surface area contributed by atoms with E-state index < -0.39 is 5.82 Å². The van der Waals surface area contributed by atoms with Crippen molar-refractivity contribution in [2.75, 3.05) is 0 Å². The molecule has 0 radical (unpaired) electrons. The summed E-state index contributed by atoms with van der Waals surface area (Å²) in [5.74, 6) is -0.847. The fraction of sp³-hybridized carbons (Fsp3) is 0. The first kappa shape index (κ1) is 12.7. The lowest BCUT2D eigenvalue weighted by molar-refractivity contribution is 0.103. The van der Waals surface area contributed by atoms with E-state index in [0.717, 1.165) is 6.07 Å². The van der Waals surface area contributed by atoms with Crippen LogP contribution in [0.15, 0.2) is 48.8 Å². The van der Waals surface area contributed by atoms with E-state index in [1.807, 2.05) is 0 Å². The van der Waals surface area contributed by atoms with Crippen molar-refractivity contribution in [1.82, 2.24) is 9.97 Å². The number of carbonyl (C=O) groups excluding carboxylic acids is 1. The smallest absolute Gasteiger partial charge is 0.194 e. The number of hydrogen-bond donors (Lipinski definition) is 0. The van der Waals surface area contributed by atoms with E-state index in [9.17, 15) is 9.18 Å². The summed E-state index contributed by atoms with van der Waals surface area (Å²) < 4.78 is 13.2. The van der Waals surface area contributed by atoms with E-state index in [2.05, 4.69) is 9.97 Å². The summed E-state index contributed by atoms with van der Waals surface area (Å²) >= 11 is 5.94. The third kappa shape index (κ3) is 2.26. The Morgan fingerprint density at radius 2 is 1.75 bits per heavy atom. The lowest BCUT2D eigenvalue weighted by Crippen LogP contribution is -2.03. The third-order valence-electron chi connectivity index (χ3n) is 2.90. The SMILES string of the molecule is O=C(c1ccc2nccnc2c1)c1cc(F)ccc1Cl. The maximum absolute atomic E-state index is 13.2. The molecule has 0 N–H and O–H groups in total. The molecule has 0 fully saturated rings. The molecule has 0 aliphatic heterocycles. The van der Waals surface area contributed by atoms with Crippen LogP contribution in [0.1, 0.15) is 15.9 Å². The van der Waals surface area contributed by atoms with Gasteiger partial charge in [0.15, 0.2) is 5.78 Å². The van der Waals surface area contributed by atoms with Gasteiger partial charge in [0.25, 0.3) is 0 Å². The van der Waals surface area contributed by atoms with Crippen LogP contribution in [0.25, 0.3) is 11.0 Å². The van der Waals surface area contributed by atoms with E-state index >= 15 is 0 Å². The predicted molar refractivity (Wildman–Crippen MR) is 74.4 cm³/mol. The number of halogens is 2. The summed E-state index contributed by atoms with van der Waals surface area (Å²) in [6, 6.07) is 8.65. The van der Waals surface area contributed by atoms with Gasteiger partial charge in [0.05, 0.1) is 16.1 Å². The fourth-order valence-electron chi connectivity index (χ4n) is 1.93.